The number of benzene rings is 1. The van der Waals surface area contributed by atoms with Crippen LogP contribution in [0, 0.1) is 6.92 Å². The lowest BCUT2D eigenvalue weighted by Crippen LogP contribution is -2.06. The van der Waals surface area contributed by atoms with Gasteiger partial charge in [0.25, 0.3) is 0 Å². The predicted octanol–water partition coefficient (Wildman–Crippen LogP) is 2.67. The van der Waals surface area contributed by atoms with E-state index in [-0.39, 0.29) is 6.04 Å². The van der Waals surface area contributed by atoms with Crippen LogP contribution in [0.25, 0.3) is 0 Å². The fourth-order valence-corrected chi connectivity index (χ4v) is 1.38. The monoisotopic (exact) mass is 169 g/mol. The molecular formula is C9H12ClN. The molecule has 0 amide bonds. The maximum atomic E-state index is 5.78. The molecule has 1 nitrogen and oxygen atoms in total. The normalized spacial score (nSPS) is 13.1. The van der Waals surface area contributed by atoms with Crippen molar-refractivity contribution in [3.05, 3.63) is 34.3 Å². The van der Waals surface area contributed by atoms with Crippen LogP contribution in [0.2, 0.25) is 5.02 Å². The maximum Gasteiger partial charge on any atom is 0.0408 e. The van der Waals surface area contributed by atoms with Crippen molar-refractivity contribution in [2.75, 3.05) is 0 Å². The third kappa shape index (κ3) is 1.95. The third-order valence-electron chi connectivity index (χ3n) is 1.72. The molecule has 0 aliphatic heterocycles. The van der Waals surface area contributed by atoms with Gasteiger partial charge < -0.3 is 5.73 Å². The van der Waals surface area contributed by atoms with Crippen molar-refractivity contribution in [1.82, 2.24) is 0 Å². The van der Waals surface area contributed by atoms with E-state index < -0.39 is 0 Å². The molecule has 0 spiro atoms. The third-order valence-corrected chi connectivity index (χ3v) is 1.96. The van der Waals surface area contributed by atoms with E-state index in [2.05, 4.69) is 0 Å². The van der Waals surface area contributed by atoms with Gasteiger partial charge in [-0.1, -0.05) is 17.7 Å². The molecule has 11 heavy (non-hydrogen) atoms. The van der Waals surface area contributed by atoms with Gasteiger partial charge in [0.2, 0.25) is 0 Å². The molecule has 0 aliphatic carbocycles. The van der Waals surface area contributed by atoms with Crippen LogP contribution in [-0.4, -0.2) is 0 Å². The number of hydrogen-bond acceptors (Lipinski definition) is 1. The highest BCUT2D eigenvalue weighted by Crippen LogP contribution is 2.19. The average Bonchev–Trinajstić information content (AvgIpc) is 1.85. The Hall–Kier alpha value is -0.530. The van der Waals surface area contributed by atoms with Crippen LogP contribution in [0.15, 0.2) is 18.2 Å². The van der Waals surface area contributed by atoms with Crippen LogP contribution in [0.3, 0.4) is 0 Å². The molecule has 1 aromatic carbocycles. The Morgan fingerprint density at radius 2 is 2.09 bits per heavy atom. The van der Waals surface area contributed by atoms with Gasteiger partial charge in [-0.15, -0.1) is 0 Å². The molecule has 0 aromatic heterocycles. The van der Waals surface area contributed by atoms with Gasteiger partial charge in [-0.05, 0) is 37.1 Å². The Balaban J connectivity index is 3.09. The fraction of sp³-hybridized carbons (Fsp3) is 0.333. The lowest BCUT2D eigenvalue weighted by Gasteiger charge is -2.08. The topological polar surface area (TPSA) is 26.0 Å². The number of halogens is 1. The molecule has 1 unspecified atom stereocenters. The molecule has 0 saturated carbocycles. The lowest BCUT2D eigenvalue weighted by atomic mass is 10.0. The first-order chi connectivity index (χ1) is 5.11. The number of nitrogens with two attached hydrogens (primary N) is 1. The van der Waals surface area contributed by atoms with E-state index in [1.165, 1.54) is 0 Å². The first-order valence-electron chi connectivity index (χ1n) is 3.63. The smallest absolute Gasteiger partial charge is 0.0408 e. The molecule has 0 bridgehead atoms. The molecule has 1 aromatic rings. The van der Waals surface area contributed by atoms with E-state index in [9.17, 15) is 0 Å². The molecule has 0 fully saturated rings. The van der Waals surface area contributed by atoms with Gasteiger partial charge in [-0.3, -0.25) is 0 Å². The van der Waals surface area contributed by atoms with Gasteiger partial charge in [-0.25, -0.2) is 0 Å². The number of rotatable bonds is 1. The molecule has 2 heteroatoms. The van der Waals surface area contributed by atoms with Crippen molar-refractivity contribution >= 4 is 11.6 Å². The fourth-order valence-electron chi connectivity index (χ4n) is 1.15. The second-order valence-electron chi connectivity index (χ2n) is 2.79. The van der Waals surface area contributed by atoms with E-state index in [1.807, 2.05) is 32.0 Å². The summed E-state index contributed by atoms with van der Waals surface area (Å²) in [6.45, 7) is 3.99. The van der Waals surface area contributed by atoms with Gasteiger partial charge in [0, 0.05) is 11.1 Å². The van der Waals surface area contributed by atoms with Crippen molar-refractivity contribution in [3.8, 4) is 0 Å². The van der Waals surface area contributed by atoms with Gasteiger partial charge in [0.1, 0.15) is 0 Å². The number of aryl methyl sites for hydroxylation is 1. The van der Waals surface area contributed by atoms with Crippen molar-refractivity contribution in [3.63, 3.8) is 0 Å². The average molecular weight is 170 g/mol. The van der Waals surface area contributed by atoms with Crippen LogP contribution in [0.4, 0.5) is 0 Å². The summed E-state index contributed by atoms with van der Waals surface area (Å²) in [5.74, 6) is 0. The minimum absolute atomic E-state index is 0.0901. The second-order valence-corrected chi connectivity index (χ2v) is 3.23. The molecule has 0 radical (unpaired) electrons. The standard InChI is InChI=1S/C9H12ClN/c1-6-5-8(10)3-4-9(6)7(2)11/h3-5,7H,11H2,1-2H3. The zero-order valence-corrected chi connectivity index (χ0v) is 7.52. The highest BCUT2D eigenvalue weighted by atomic mass is 35.5. The molecule has 0 saturated heterocycles. The predicted molar refractivity (Wildman–Crippen MR) is 48.8 cm³/mol. The van der Waals surface area contributed by atoms with E-state index in [4.69, 9.17) is 17.3 Å². The highest BCUT2D eigenvalue weighted by molar-refractivity contribution is 6.30. The van der Waals surface area contributed by atoms with Crippen LogP contribution >= 0.6 is 11.6 Å². The van der Waals surface area contributed by atoms with Crippen LogP contribution in [0.1, 0.15) is 24.1 Å². The van der Waals surface area contributed by atoms with E-state index in [1.54, 1.807) is 0 Å². The summed E-state index contributed by atoms with van der Waals surface area (Å²) in [4.78, 5) is 0. The maximum absolute atomic E-state index is 5.78. The summed E-state index contributed by atoms with van der Waals surface area (Å²) in [5, 5.41) is 0.770. The van der Waals surface area contributed by atoms with Crippen LogP contribution in [-0.2, 0) is 0 Å². The molecule has 0 heterocycles. The van der Waals surface area contributed by atoms with Crippen LogP contribution in [0.5, 0.6) is 0 Å². The highest BCUT2D eigenvalue weighted by Gasteiger charge is 2.02. The Bertz CT molecular complexity index is 256. The molecule has 1 rings (SSSR count). The van der Waals surface area contributed by atoms with E-state index in [0.717, 1.165) is 16.1 Å². The first-order valence-corrected chi connectivity index (χ1v) is 4.00. The SMILES string of the molecule is Cc1cc(Cl)ccc1C(C)N. The molecule has 0 aliphatic rings. The summed E-state index contributed by atoms with van der Waals surface area (Å²) in [5.41, 5.74) is 8.04. The Labute approximate surface area is 72.2 Å². The minimum atomic E-state index is 0.0901. The van der Waals surface area contributed by atoms with Gasteiger partial charge >= 0.3 is 0 Å². The first kappa shape index (κ1) is 8.57. The zero-order valence-electron chi connectivity index (χ0n) is 6.76. The lowest BCUT2D eigenvalue weighted by molar-refractivity contribution is 0.810. The Kier molecular flexibility index (Phi) is 2.53. The molecule has 2 N–H and O–H groups in total. The Morgan fingerprint density at radius 1 is 1.45 bits per heavy atom. The van der Waals surface area contributed by atoms with Crippen molar-refractivity contribution in [2.45, 2.75) is 19.9 Å². The molecular weight excluding hydrogens is 158 g/mol. The van der Waals surface area contributed by atoms with Gasteiger partial charge in [0.15, 0.2) is 0 Å². The largest absolute Gasteiger partial charge is 0.324 e. The second kappa shape index (κ2) is 3.24. The van der Waals surface area contributed by atoms with Crippen LogP contribution < -0.4 is 5.73 Å². The van der Waals surface area contributed by atoms with Gasteiger partial charge in [-0.2, -0.15) is 0 Å². The van der Waals surface area contributed by atoms with Crippen molar-refractivity contribution in [1.29, 1.82) is 0 Å². The molecule has 1 atom stereocenters. The quantitative estimate of drug-likeness (QED) is 0.688. The summed E-state index contributed by atoms with van der Waals surface area (Å²) in [7, 11) is 0. The zero-order chi connectivity index (χ0) is 8.43. The summed E-state index contributed by atoms with van der Waals surface area (Å²) >= 11 is 5.78. The summed E-state index contributed by atoms with van der Waals surface area (Å²) < 4.78 is 0. The minimum Gasteiger partial charge on any atom is -0.324 e. The Morgan fingerprint density at radius 3 is 2.55 bits per heavy atom. The summed E-state index contributed by atoms with van der Waals surface area (Å²) in [6.07, 6.45) is 0. The molecule has 60 valence electrons. The van der Waals surface area contributed by atoms with Crippen molar-refractivity contribution in [2.24, 2.45) is 5.73 Å². The van der Waals surface area contributed by atoms with E-state index >= 15 is 0 Å². The van der Waals surface area contributed by atoms with Crippen molar-refractivity contribution < 1.29 is 0 Å². The number of hydrogen-bond donors (Lipinski definition) is 1. The van der Waals surface area contributed by atoms with Gasteiger partial charge in [0.05, 0.1) is 0 Å². The van der Waals surface area contributed by atoms with E-state index in [0.29, 0.717) is 0 Å². The summed E-state index contributed by atoms with van der Waals surface area (Å²) in [6, 6.07) is 5.86.